The van der Waals surface area contributed by atoms with Crippen molar-refractivity contribution in [3.05, 3.63) is 53.1 Å². The van der Waals surface area contributed by atoms with Crippen LogP contribution in [0, 0.1) is 0 Å². The van der Waals surface area contributed by atoms with Crippen LogP contribution >= 0.6 is 0 Å². The van der Waals surface area contributed by atoms with Gasteiger partial charge in [0, 0.05) is 18.2 Å². The predicted octanol–water partition coefficient (Wildman–Crippen LogP) is 3.22. The van der Waals surface area contributed by atoms with E-state index in [0.717, 1.165) is 12.0 Å². The van der Waals surface area contributed by atoms with Crippen LogP contribution in [-0.4, -0.2) is 15.3 Å². The molecule has 4 heteroatoms. The number of phenolic OH excluding ortho intramolecular Hbond substituents is 3. The van der Waals surface area contributed by atoms with E-state index in [-0.39, 0.29) is 17.5 Å². The molecule has 0 aromatic heterocycles. The van der Waals surface area contributed by atoms with Crippen LogP contribution in [0.2, 0.25) is 0 Å². The zero-order valence-corrected chi connectivity index (χ0v) is 12.3. The first-order valence-electron chi connectivity index (χ1n) is 7.08. The van der Waals surface area contributed by atoms with Gasteiger partial charge in [0.1, 0.15) is 0 Å². The molecule has 0 amide bonds. The molecule has 0 saturated heterocycles. The van der Waals surface area contributed by atoms with Gasteiger partial charge >= 0.3 is 0 Å². The van der Waals surface area contributed by atoms with Gasteiger partial charge in [-0.15, -0.1) is 0 Å². The predicted molar refractivity (Wildman–Crippen MR) is 82.5 cm³/mol. The number of benzene rings is 2. The highest BCUT2D eigenvalue weighted by molar-refractivity contribution is 5.53. The Balaban J connectivity index is 2.03. The summed E-state index contributed by atoms with van der Waals surface area (Å²) < 4.78 is 0. The van der Waals surface area contributed by atoms with Crippen molar-refractivity contribution in [2.45, 2.75) is 32.9 Å². The lowest BCUT2D eigenvalue weighted by molar-refractivity contribution is 0.363. The van der Waals surface area contributed by atoms with Crippen LogP contribution < -0.4 is 5.32 Å². The molecule has 0 fully saturated rings. The third-order valence-corrected chi connectivity index (χ3v) is 3.70. The largest absolute Gasteiger partial charge is 0.504 e. The van der Waals surface area contributed by atoms with Gasteiger partial charge in [-0.3, -0.25) is 0 Å². The molecular formula is C17H21NO3. The lowest BCUT2D eigenvalue weighted by Crippen LogP contribution is -2.18. The molecule has 1 unspecified atom stereocenters. The van der Waals surface area contributed by atoms with Crippen molar-refractivity contribution in [1.82, 2.24) is 5.32 Å². The molecule has 2 aromatic rings. The molecule has 0 bridgehead atoms. The highest BCUT2D eigenvalue weighted by Crippen LogP contribution is 2.37. The Labute approximate surface area is 124 Å². The van der Waals surface area contributed by atoms with Crippen molar-refractivity contribution in [2.24, 2.45) is 0 Å². The molecule has 0 aliphatic heterocycles. The van der Waals surface area contributed by atoms with E-state index in [9.17, 15) is 15.3 Å². The van der Waals surface area contributed by atoms with Crippen molar-refractivity contribution < 1.29 is 15.3 Å². The summed E-state index contributed by atoms with van der Waals surface area (Å²) in [5.41, 5.74) is 3.00. The van der Waals surface area contributed by atoms with E-state index in [4.69, 9.17) is 0 Å². The molecule has 0 aliphatic carbocycles. The molecule has 4 nitrogen and oxygen atoms in total. The van der Waals surface area contributed by atoms with E-state index < -0.39 is 5.75 Å². The summed E-state index contributed by atoms with van der Waals surface area (Å²) in [6, 6.07) is 11.5. The third kappa shape index (κ3) is 3.47. The molecule has 4 N–H and O–H groups in total. The zero-order valence-electron chi connectivity index (χ0n) is 12.3. The molecule has 0 aliphatic rings. The number of aromatic hydroxyl groups is 3. The summed E-state index contributed by atoms with van der Waals surface area (Å²) in [5.74, 6) is -1.08. The second-order valence-electron chi connectivity index (χ2n) is 5.14. The standard InChI is InChI=1S/C17H21NO3/c1-3-12-4-6-13(7-5-12)11(2)18-10-14-8-9-15(19)17(21)16(14)20/h4-9,11,18-21H,3,10H2,1-2H3. The van der Waals surface area contributed by atoms with Crippen LogP contribution in [0.1, 0.15) is 36.6 Å². The molecule has 2 rings (SSSR count). The smallest absolute Gasteiger partial charge is 0.200 e. The van der Waals surface area contributed by atoms with Gasteiger partial charge in [-0.2, -0.15) is 0 Å². The summed E-state index contributed by atoms with van der Waals surface area (Å²) in [5, 5.41) is 31.9. The molecule has 0 radical (unpaired) electrons. The zero-order chi connectivity index (χ0) is 15.4. The topological polar surface area (TPSA) is 72.7 Å². The lowest BCUT2D eigenvalue weighted by atomic mass is 10.0. The van der Waals surface area contributed by atoms with E-state index in [0.29, 0.717) is 12.1 Å². The average Bonchev–Trinajstić information content (AvgIpc) is 2.52. The Morgan fingerprint density at radius 3 is 2.24 bits per heavy atom. The summed E-state index contributed by atoms with van der Waals surface area (Å²) in [6.45, 7) is 4.56. The molecule has 0 spiro atoms. The number of aryl methyl sites for hydroxylation is 1. The van der Waals surface area contributed by atoms with Crippen molar-refractivity contribution in [3.63, 3.8) is 0 Å². The minimum Gasteiger partial charge on any atom is -0.504 e. The maximum atomic E-state index is 9.78. The second kappa shape index (κ2) is 6.50. The summed E-state index contributed by atoms with van der Waals surface area (Å²) in [6.07, 6.45) is 1.02. The fraction of sp³-hybridized carbons (Fsp3) is 0.294. The van der Waals surface area contributed by atoms with Crippen LogP contribution in [0.25, 0.3) is 0 Å². The molecule has 1 atom stereocenters. The van der Waals surface area contributed by atoms with Crippen LogP contribution in [0.3, 0.4) is 0 Å². The third-order valence-electron chi connectivity index (χ3n) is 3.70. The van der Waals surface area contributed by atoms with E-state index in [2.05, 4.69) is 36.5 Å². The number of nitrogens with one attached hydrogen (secondary N) is 1. The first-order chi connectivity index (χ1) is 10.0. The van der Waals surface area contributed by atoms with Crippen molar-refractivity contribution in [2.75, 3.05) is 0 Å². The number of hydrogen-bond acceptors (Lipinski definition) is 4. The number of phenols is 3. The van der Waals surface area contributed by atoms with Crippen molar-refractivity contribution >= 4 is 0 Å². The molecule has 112 valence electrons. The lowest BCUT2D eigenvalue weighted by Gasteiger charge is -2.16. The average molecular weight is 287 g/mol. The van der Waals surface area contributed by atoms with Crippen LogP contribution in [0.15, 0.2) is 36.4 Å². The molecule has 0 heterocycles. The van der Waals surface area contributed by atoms with E-state index in [1.165, 1.54) is 11.6 Å². The molecular weight excluding hydrogens is 266 g/mol. The minimum absolute atomic E-state index is 0.117. The Hall–Kier alpha value is -2.20. The first-order valence-corrected chi connectivity index (χ1v) is 7.08. The summed E-state index contributed by atoms with van der Waals surface area (Å²) >= 11 is 0. The SMILES string of the molecule is CCc1ccc(C(C)NCc2ccc(O)c(O)c2O)cc1. The quantitative estimate of drug-likeness (QED) is 0.637. The van der Waals surface area contributed by atoms with Crippen molar-refractivity contribution in [1.29, 1.82) is 0 Å². The van der Waals surface area contributed by atoms with E-state index in [1.54, 1.807) is 6.07 Å². The summed E-state index contributed by atoms with van der Waals surface area (Å²) in [4.78, 5) is 0. The van der Waals surface area contributed by atoms with Gasteiger partial charge in [0.25, 0.3) is 0 Å². The maximum Gasteiger partial charge on any atom is 0.200 e. The van der Waals surface area contributed by atoms with Gasteiger partial charge in [-0.1, -0.05) is 37.3 Å². The Bertz CT molecular complexity index is 608. The molecule has 21 heavy (non-hydrogen) atoms. The van der Waals surface area contributed by atoms with Crippen LogP contribution in [-0.2, 0) is 13.0 Å². The van der Waals surface area contributed by atoms with Crippen LogP contribution in [0.5, 0.6) is 17.2 Å². The fourth-order valence-corrected chi connectivity index (χ4v) is 2.18. The second-order valence-corrected chi connectivity index (χ2v) is 5.14. The highest BCUT2D eigenvalue weighted by Gasteiger charge is 2.12. The Morgan fingerprint density at radius 2 is 1.62 bits per heavy atom. The van der Waals surface area contributed by atoms with Crippen LogP contribution in [0.4, 0.5) is 0 Å². The number of hydrogen-bond donors (Lipinski definition) is 4. The van der Waals surface area contributed by atoms with Gasteiger partial charge in [-0.25, -0.2) is 0 Å². The molecule has 2 aromatic carbocycles. The van der Waals surface area contributed by atoms with Gasteiger partial charge < -0.3 is 20.6 Å². The van der Waals surface area contributed by atoms with Gasteiger partial charge in [0.15, 0.2) is 11.5 Å². The summed E-state index contributed by atoms with van der Waals surface area (Å²) in [7, 11) is 0. The monoisotopic (exact) mass is 287 g/mol. The fourth-order valence-electron chi connectivity index (χ4n) is 2.18. The van der Waals surface area contributed by atoms with Gasteiger partial charge in [0.2, 0.25) is 5.75 Å². The minimum atomic E-state index is -0.478. The first kappa shape index (κ1) is 15.2. The van der Waals surface area contributed by atoms with Gasteiger partial charge in [0.05, 0.1) is 0 Å². The molecule has 0 saturated carbocycles. The normalized spacial score (nSPS) is 12.3. The van der Waals surface area contributed by atoms with E-state index >= 15 is 0 Å². The van der Waals surface area contributed by atoms with Crippen molar-refractivity contribution in [3.8, 4) is 17.2 Å². The maximum absolute atomic E-state index is 9.78. The van der Waals surface area contributed by atoms with Gasteiger partial charge in [-0.05, 0) is 30.5 Å². The number of rotatable bonds is 5. The van der Waals surface area contributed by atoms with E-state index in [1.807, 2.05) is 6.92 Å². The Morgan fingerprint density at radius 1 is 0.952 bits per heavy atom. The Kier molecular flexibility index (Phi) is 4.70. The highest BCUT2D eigenvalue weighted by atomic mass is 16.3.